The minimum Gasteiger partial charge on any atom is -0.489 e. The highest BCUT2D eigenvalue weighted by Gasteiger charge is 2.32. The van der Waals surface area contributed by atoms with Crippen LogP contribution in [0.2, 0.25) is 0 Å². The van der Waals surface area contributed by atoms with Gasteiger partial charge in [0.25, 0.3) is 5.56 Å². The molecular weight excluding hydrogens is 385 g/mol. The standard InChI is InChI=1S/C23H18FN3O3/c24-16-5-1-14(2-6-16)13-30-18-9-10-27(21(28)12-18)17-7-8-19-20(11-17)26-23(25-19)22(29)15-3-4-15/h1-2,5-12,15H,3-4,13H2,(H,25,26). The van der Waals surface area contributed by atoms with E-state index in [-0.39, 0.29) is 29.7 Å². The minimum atomic E-state index is -0.306. The van der Waals surface area contributed by atoms with E-state index in [0.717, 1.165) is 18.4 Å². The fourth-order valence-electron chi connectivity index (χ4n) is 3.31. The summed E-state index contributed by atoms with van der Waals surface area (Å²) in [6.07, 6.45) is 3.48. The van der Waals surface area contributed by atoms with Gasteiger partial charge in [-0.1, -0.05) is 12.1 Å². The van der Waals surface area contributed by atoms with Gasteiger partial charge in [-0.05, 0) is 54.8 Å². The van der Waals surface area contributed by atoms with Crippen molar-refractivity contribution in [2.24, 2.45) is 5.92 Å². The number of aromatic nitrogens is 3. The molecule has 0 radical (unpaired) electrons. The predicted molar refractivity (Wildman–Crippen MR) is 109 cm³/mol. The van der Waals surface area contributed by atoms with Gasteiger partial charge in [0.05, 0.1) is 16.7 Å². The van der Waals surface area contributed by atoms with E-state index >= 15 is 0 Å². The first-order valence-corrected chi connectivity index (χ1v) is 9.71. The van der Waals surface area contributed by atoms with E-state index in [1.807, 2.05) is 0 Å². The maximum Gasteiger partial charge on any atom is 0.258 e. The molecule has 0 bridgehead atoms. The largest absolute Gasteiger partial charge is 0.489 e. The molecular formula is C23H18FN3O3. The maximum absolute atomic E-state index is 13.0. The number of fused-ring (bicyclic) bond motifs is 1. The van der Waals surface area contributed by atoms with Crippen molar-refractivity contribution in [2.75, 3.05) is 0 Å². The van der Waals surface area contributed by atoms with Crippen LogP contribution in [0.1, 0.15) is 29.0 Å². The molecule has 7 heteroatoms. The van der Waals surface area contributed by atoms with Crippen LogP contribution in [0.4, 0.5) is 4.39 Å². The van der Waals surface area contributed by atoms with E-state index in [1.54, 1.807) is 42.6 Å². The number of aromatic amines is 1. The average molecular weight is 403 g/mol. The summed E-state index contributed by atoms with van der Waals surface area (Å²) < 4.78 is 20.1. The Bertz CT molecular complexity index is 1300. The summed E-state index contributed by atoms with van der Waals surface area (Å²) in [6.45, 7) is 0.238. The molecule has 30 heavy (non-hydrogen) atoms. The van der Waals surface area contributed by atoms with Gasteiger partial charge in [-0.25, -0.2) is 9.37 Å². The van der Waals surface area contributed by atoms with Gasteiger partial charge in [0.1, 0.15) is 18.2 Å². The highest BCUT2D eigenvalue weighted by molar-refractivity contribution is 5.98. The Hall–Kier alpha value is -3.74. The highest BCUT2D eigenvalue weighted by atomic mass is 19.1. The number of rotatable bonds is 6. The third kappa shape index (κ3) is 3.61. The number of nitrogens with one attached hydrogen (secondary N) is 1. The fourth-order valence-corrected chi connectivity index (χ4v) is 3.31. The van der Waals surface area contributed by atoms with Crippen molar-refractivity contribution in [1.82, 2.24) is 14.5 Å². The molecule has 0 atom stereocenters. The van der Waals surface area contributed by atoms with Crippen molar-refractivity contribution in [2.45, 2.75) is 19.4 Å². The summed E-state index contributed by atoms with van der Waals surface area (Å²) >= 11 is 0. The Labute approximate surface area is 171 Å². The van der Waals surface area contributed by atoms with Crippen LogP contribution in [0.3, 0.4) is 0 Å². The van der Waals surface area contributed by atoms with Crippen molar-refractivity contribution >= 4 is 16.8 Å². The number of pyridine rings is 1. The number of H-pyrrole nitrogens is 1. The predicted octanol–water partition coefficient (Wildman–Crippen LogP) is 4.02. The van der Waals surface area contributed by atoms with E-state index in [9.17, 15) is 14.0 Å². The van der Waals surface area contributed by atoms with E-state index in [0.29, 0.717) is 28.3 Å². The summed E-state index contributed by atoms with van der Waals surface area (Å²) in [5, 5.41) is 0. The van der Waals surface area contributed by atoms with Gasteiger partial charge in [0.15, 0.2) is 5.82 Å². The first kappa shape index (κ1) is 18.3. The van der Waals surface area contributed by atoms with E-state index in [4.69, 9.17) is 4.74 Å². The molecule has 2 aromatic carbocycles. The van der Waals surface area contributed by atoms with Gasteiger partial charge < -0.3 is 9.72 Å². The van der Waals surface area contributed by atoms with Crippen LogP contribution in [0.5, 0.6) is 5.75 Å². The fraction of sp³-hybridized carbons (Fsp3) is 0.174. The number of imidazole rings is 1. The number of hydrogen-bond acceptors (Lipinski definition) is 4. The summed E-state index contributed by atoms with van der Waals surface area (Å²) in [6, 6.07) is 14.5. The summed E-state index contributed by atoms with van der Waals surface area (Å²) in [4.78, 5) is 32.3. The molecule has 1 N–H and O–H groups in total. The molecule has 4 aromatic rings. The van der Waals surface area contributed by atoms with Crippen molar-refractivity contribution in [3.8, 4) is 11.4 Å². The number of carbonyl (C=O) groups excluding carboxylic acids is 1. The van der Waals surface area contributed by atoms with Gasteiger partial charge in [0.2, 0.25) is 5.78 Å². The number of ether oxygens (including phenoxy) is 1. The SMILES string of the molecule is O=C(c1nc2ccc(-n3ccc(OCc4ccc(F)cc4)cc3=O)cc2[nH]1)C1CC1. The average Bonchev–Trinajstić information content (AvgIpc) is 3.51. The topological polar surface area (TPSA) is 77.0 Å². The molecule has 1 aliphatic carbocycles. The third-order valence-corrected chi connectivity index (χ3v) is 5.13. The number of halogens is 1. The van der Waals surface area contributed by atoms with Crippen molar-refractivity contribution in [3.63, 3.8) is 0 Å². The van der Waals surface area contributed by atoms with Gasteiger partial charge in [0, 0.05) is 18.2 Å². The molecule has 0 aliphatic heterocycles. The number of ketones is 1. The Balaban J connectivity index is 1.37. The molecule has 2 aromatic heterocycles. The van der Waals surface area contributed by atoms with Gasteiger partial charge in [-0.3, -0.25) is 14.2 Å². The van der Waals surface area contributed by atoms with Crippen LogP contribution in [0.25, 0.3) is 16.7 Å². The molecule has 6 nitrogen and oxygen atoms in total. The van der Waals surface area contributed by atoms with Crippen LogP contribution < -0.4 is 10.3 Å². The van der Waals surface area contributed by atoms with Crippen molar-refractivity contribution in [1.29, 1.82) is 0 Å². The second kappa shape index (κ2) is 7.26. The third-order valence-electron chi connectivity index (χ3n) is 5.13. The zero-order valence-corrected chi connectivity index (χ0v) is 16.0. The zero-order chi connectivity index (χ0) is 20.7. The van der Waals surface area contributed by atoms with Crippen LogP contribution in [-0.4, -0.2) is 20.3 Å². The lowest BCUT2D eigenvalue weighted by Gasteiger charge is -2.09. The second-order valence-electron chi connectivity index (χ2n) is 7.41. The lowest BCUT2D eigenvalue weighted by atomic mass is 10.2. The number of carbonyl (C=O) groups is 1. The Kier molecular flexibility index (Phi) is 4.43. The molecule has 0 spiro atoms. The van der Waals surface area contributed by atoms with Gasteiger partial charge in [-0.2, -0.15) is 0 Å². The highest BCUT2D eigenvalue weighted by Crippen LogP contribution is 2.32. The lowest BCUT2D eigenvalue weighted by molar-refractivity contribution is 0.0958. The van der Waals surface area contributed by atoms with Crippen LogP contribution in [0, 0.1) is 11.7 Å². The van der Waals surface area contributed by atoms with Gasteiger partial charge in [-0.15, -0.1) is 0 Å². The summed E-state index contributed by atoms with van der Waals surface area (Å²) in [5.41, 5.74) is 2.61. The van der Waals surface area contributed by atoms with Crippen LogP contribution >= 0.6 is 0 Å². The molecule has 5 rings (SSSR count). The summed E-state index contributed by atoms with van der Waals surface area (Å²) in [5.74, 6) is 0.643. The number of hydrogen-bond donors (Lipinski definition) is 1. The Morgan fingerprint density at radius 1 is 1.13 bits per heavy atom. The normalized spacial score (nSPS) is 13.5. The first-order valence-electron chi connectivity index (χ1n) is 9.71. The molecule has 1 aliphatic rings. The van der Waals surface area contributed by atoms with Crippen LogP contribution in [0.15, 0.2) is 65.6 Å². The smallest absolute Gasteiger partial charge is 0.258 e. The number of nitrogens with zero attached hydrogens (tertiary/aromatic N) is 2. The quantitative estimate of drug-likeness (QED) is 0.493. The second-order valence-corrected chi connectivity index (χ2v) is 7.41. The number of Topliss-reactive ketones (excluding diaryl/α,β-unsaturated/α-hetero) is 1. The summed E-state index contributed by atoms with van der Waals surface area (Å²) in [7, 11) is 0. The monoisotopic (exact) mass is 403 g/mol. The molecule has 2 heterocycles. The van der Waals surface area contributed by atoms with E-state index < -0.39 is 0 Å². The van der Waals surface area contributed by atoms with E-state index in [2.05, 4.69) is 9.97 Å². The van der Waals surface area contributed by atoms with Crippen molar-refractivity contribution in [3.05, 3.63) is 88.4 Å². The molecule has 0 saturated heterocycles. The van der Waals surface area contributed by atoms with E-state index in [1.165, 1.54) is 22.8 Å². The Morgan fingerprint density at radius 3 is 2.67 bits per heavy atom. The molecule has 150 valence electrons. The molecule has 0 amide bonds. The van der Waals surface area contributed by atoms with Crippen LogP contribution in [-0.2, 0) is 6.61 Å². The first-order chi connectivity index (χ1) is 14.6. The maximum atomic E-state index is 13.0. The van der Waals surface area contributed by atoms with Crippen molar-refractivity contribution < 1.29 is 13.9 Å². The Morgan fingerprint density at radius 2 is 1.93 bits per heavy atom. The molecule has 1 fully saturated rings. The zero-order valence-electron chi connectivity index (χ0n) is 16.0. The lowest BCUT2D eigenvalue weighted by Crippen LogP contribution is -2.16. The number of benzene rings is 2. The van der Waals surface area contributed by atoms with Gasteiger partial charge >= 0.3 is 0 Å². The molecule has 0 unspecified atom stereocenters. The molecule has 1 saturated carbocycles. The minimum absolute atomic E-state index is 0.0487.